The van der Waals surface area contributed by atoms with Crippen LogP contribution in [0.3, 0.4) is 0 Å². The molecular formula is C15H11N5O. The Labute approximate surface area is 120 Å². The normalized spacial score (nSPS) is 15.6. The van der Waals surface area contributed by atoms with Gasteiger partial charge in [-0.15, -0.1) is 0 Å². The standard InChI is InChI=1S/C15H11N5O/c16-8-12-11(9-17-19-12)13-18-14(20-21-13)15(6-7-15)10-4-2-1-3-5-10/h1-5,9H,6-7H2,(H,17,19). The summed E-state index contributed by atoms with van der Waals surface area (Å²) in [5, 5.41) is 19.6. The zero-order valence-electron chi connectivity index (χ0n) is 11.1. The van der Waals surface area contributed by atoms with Gasteiger partial charge in [0.05, 0.1) is 17.2 Å². The van der Waals surface area contributed by atoms with E-state index in [1.165, 1.54) is 11.8 Å². The third kappa shape index (κ3) is 1.75. The summed E-state index contributed by atoms with van der Waals surface area (Å²) in [6.45, 7) is 0. The van der Waals surface area contributed by atoms with Crippen molar-refractivity contribution in [3.05, 3.63) is 53.6 Å². The van der Waals surface area contributed by atoms with Gasteiger partial charge in [-0.25, -0.2) is 0 Å². The van der Waals surface area contributed by atoms with Crippen molar-refractivity contribution in [1.29, 1.82) is 5.26 Å². The number of nitrogens with one attached hydrogen (secondary N) is 1. The van der Waals surface area contributed by atoms with Crippen LogP contribution in [0.4, 0.5) is 0 Å². The molecule has 21 heavy (non-hydrogen) atoms. The Bertz CT molecular complexity index is 823. The molecule has 102 valence electrons. The van der Waals surface area contributed by atoms with E-state index < -0.39 is 0 Å². The Balaban J connectivity index is 1.75. The maximum atomic E-state index is 9.01. The summed E-state index contributed by atoms with van der Waals surface area (Å²) in [5.74, 6) is 1.01. The van der Waals surface area contributed by atoms with E-state index in [-0.39, 0.29) is 5.41 Å². The summed E-state index contributed by atoms with van der Waals surface area (Å²) in [5.41, 5.74) is 1.93. The lowest BCUT2D eigenvalue weighted by Crippen LogP contribution is -2.10. The van der Waals surface area contributed by atoms with Crippen molar-refractivity contribution >= 4 is 0 Å². The minimum Gasteiger partial charge on any atom is -0.334 e. The molecule has 1 aromatic carbocycles. The highest BCUT2D eigenvalue weighted by Crippen LogP contribution is 2.52. The fraction of sp³-hybridized carbons (Fsp3) is 0.200. The Kier molecular flexibility index (Phi) is 2.42. The number of nitrogens with zero attached hydrogens (tertiary/aromatic N) is 4. The number of H-pyrrole nitrogens is 1. The minimum atomic E-state index is -0.139. The van der Waals surface area contributed by atoms with Gasteiger partial charge < -0.3 is 4.52 Å². The van der Waals surface area contributed by atoms with E-state index in [1.54, 1.807) is 0 Å². The monoisotopic (exact) mass is 277 g/mol. The van der Waals surface area contributed by atoms with Crippen molar-refractivity contribution in [1.82, 2.24) is 20.3 Å². The van der Waals surface area contributed by atoms with Gasteiger partial charge in [-0.05, 0) is 18.4 Å². The van der Waals surface area contributed by atoms with Crippen LogP contribution in [0.2, 0.25) is 0 Å². The van der Waals surface area contributed by atoms with Gasteiger partial charge in [-0.2, -0.15) is 15.3 Å². The van der Waals surface area contributed by atoms with Gasteiger partial charge in [0.15, 0.2) is 5.82 Å². The lowest BCUT2D eigenvalue weighted by molar-refractivity contribution is 0.418. The first-order valence-electron chi connectivity index (χ1n) is 6.67. The number of hydrogen-bond donors (Lipinski definition) is 1. The molecule has 4 rings (SSSR count). The van der Waals surface area contributed by atoms with Crippen LogP contribution >= 0.6 is 0 Å². The molecule has 1 aliphatic rings. The first-order chi connectivity index (χ1) is 10.3. The smallest absolute Gasteiger partial charge is 0.262 e. The Morgan fingerprint density at radius 1 is 1.24 bits per heavy atom. The molecule has 0 amide bonds. The summed E-state index contributed by atoms with van der Waals surface area (Å²) >= 11 is 0. The number of rotatable bonds is 3. The number of benzene rings is 1. The summed E-state index contributed by atoms with van der Waals surface area (Å²) < 4.78 is 5.33. The molecule has 0 aliphatic heterocycles. The van der Waals surface area contributed by atoms with E-state index in [9.17, 15) is 0 Å². The lowest BCUT2D eigenvalue weighted by Gasteiger charge is -2.09. The first-order valence-corrected chi connectivity index (χ1v) is 6.67. The fourth-order valence-corrected chi connectivity index (χ4v) is 2.58. The van der Waals surface area contributed by atoms with E-state index >= 15 is 0 Å². The molecule has 2 aromatic heterocycles. The molecule has 0 bridgehead atoms. The van der Waals surface area contributed by atoms with E-state index in [2.05, 4.69) is 32.5 Å². The van der Waals surface area contributed by atoms with Crippen LogP contribution in [0.15, 0.2) is 41.1 Å². The number of aromatic amines is 1. The summed E-state index contributed by atoms with van der Waals surface area (Å²) in [6.07, 6.45) is 3.54. The van der Waals surface area contributed by atoms with Gasteiger partial charge in [-0.3, -0.25) is 5.10 Å². The zero-order chi connectivity index (χ0) is 14.3. The van der Waals surface area contributed by atoms with Crippen LogP contribution in [0.25, 0.3) is 11.5 Å². The van der Waals surface area contributed by atoms with Gasteiger partial charge in [0.25, 0.3) is 5.89 Å². The summed E-state index contributed by atoms with van der Waals surface area (Å²) in [4.78, 5) is 4.48. The number of aromatic nitrogens is 4. The average molecular weight is 277 g/mol. The van der Waals surface area contributed by atoms with Crippen LogP contribution in [0, 0.1) is 11.3 Å². The Morgan fingerprint density at radius 3 is 2.76 bits per heavy atom. The van der Waals surface area contributed by atoms with Crippen LogP contribution in [-0.2, 0) is 5.41 Å². The van der Waals surface area contributed by atoms with Crippen LogP contribution in [0.5, 0.6) is 0 Å². The van der Waals surface area contributed by atoms with Crippen LogP contribution in [-0.4, -0.2) is 20.3 Å². The minimum absolute atomic E-state index is 0.139. The van der Waals surface area contributed by atoms with Crippen molar-refractivity contribution in [2.45, 2.75) is 18.3 Å². The lowest BCUT2D eigenvalue weighted by atomic mass is 9.95. The summed E-state index contributed by atoms with van der Waals surface area (Å²) in [7, 11) is 0. The predicted octanol–water partition coefficient (Wildman–Crippen LogP) is 2.41. The molecule has 0 atom stereocenters. The molecule has 2 heterocycles. The van der Waals surface area contributed by atoms with Crippen LogP contribution in [0.1, 0.15) is 29.9 Å². The molecule has 0 saturated heterocycles. The average Bonchev–Trinajstić information content (AvgIpc) is 2.99. The second-order valence-corrected chi connectivity index (χ2v) is 5.14. The molecule has 0 radical (unpaired) electrons. The molecular weight excluding hydrogens is 266 g/mol. The first kappa shape index (κ1) is 11.9. The maximum Gasteiger partial charge on any atom is 0.262 e. The quantitative estimate of drug-likeness (QED) is 0.793. The predicted molar refractivity (Wildman–Crippen MR) is 73.1 cm³/mol. The number of hydrogen-bond acceptors (Lipinski definition) is 5. The van der Waals surface area contributed by atoms with Crippen LogP contribution < -0.4 is 0 Å². The maximum absolute atomic E-state index is 9.01. The third-order valence-electron chi connectivity index (χ3n) is 3.91. The third-order valence-corrected chi connectivity index (χ3v) is 3.91. The molecule has 1 N–H and O–H groups in total. The molecule has 0 spiro atoms. The highest BCUT2D eigenvalue weighted by molar-refractivity contribution is 5.59. The SMILES string of the molecule is N#Cc1[nH]ncc1-c1nc(C2(c3ccccc3)CC2)no1. The van der Waals surface area contributed by atoms with Crippen molar-refractivity contribution in [2.24, 2.45) is 0 Å². The van der Waals surface area contributed by atoms with Crippen molar-refractivity contribution in [3.8, 4) is 17.5 Å². The molecule has 0 unspecified atom stereocenters. The Hall–Kier alpha value is -2.94. The van der Waals surface area contributed by atoms with Gasteiger partial charge in [0.1, 0.15) is 11.8 Å². The topological polar surface area (TPSA) is 91.4 Å². The van der Waals surface area contributed by atoms with Gasteiger partial charge in [0.2, 0.25) is 0 Å². The zero-order valence-corrected chi connectivity index (χ0v) is 11.1. The summed E-state index contributed by atoms with van der Waals surface area (Å²) in [6, 6.07) is 12.2. The van der Waals surface area contributed by atoms with Crippen molar-refractivity contribution in [2.75, 3.05) is 0 Å². The van der Waals surface area contributed by atoms with Gasteiger partial charge >= 0.3 is 0 Å². The highest BCUT2D eigenvalue weighted by Gasteiger charge is 2.50. The van der Waals surface area contributed by atoms with E-state index in [4.69, 9.17) is 9.78 Å². The molecule has 6 nitrogen and oxygen atoms in total. The van der Waals surface area contributed by atoms with E-state index in [1.807, 2.05) is 24.3 Å². The van der Waals surface area contributed by atoms with Crippen molar-refractivity contribution in [3.63, 3.8) is 0 Å². The second kappa shape index (κ2) is 4.28. The second-order valence-electron chi connectivity index (χ2n) is 5.14. The molecule has 6 heteroatoms. The highest BCUT2D eigenvalue weighted by atomic mass is 16.5. The van der Waals surface area contributed by atoms with E-state index in [0.29, 0.717) is 23.0 Å². The fourth-order valence-electron chi connectivity index (χ4n) is 2.58. The molecule has 3 aromatic rings. The van der Waals surface area contributed by atoms with Crippen molar-refractivity contribution < 1.29 is 4.52 Å². The van der Waals surface area contributed by atoms with Gasteiger partial charge in [-0.1, -0.05) is 35.5 Å². The van der Waals surface area contributed by atoms with E-state index in [0.717, 1.165) is 12.8 Å². The molecule has 1 aliphatic carbocycles. The largest absolute Gasteiger partial charge is 0.334 e. The van der Waals surface area contributed by atoms with Gasteiger partial charge in [0, 0.05) is 0 Å². The Morgan fingerprint density at radius 2 is 2.05 bits per heavy atom. The molecule has 1 fully saturated rings. The molecule has 1 saturated carbocycles. The number of nitriles is 1.